The number of rotatable bonds is 5. The summed E-state index contributed by atoms with van der Waals surface area (Å²) >= 11 is 0. The Kier molecular flexibility index (Phi) is 7.85. The van der Waals surface area contributed by atoms with Crippen molar-refractivity contribution in [1.82, 2.24) is 15.5 Å². The number of hydrogen-bond donors (Lipinski definition) is 3. The highest BCUT2D eigenvalue weighted by Gasteiger charge is 2.20. The molecule has 1 aromatic carbocycles. The molecule has 0 radical (unpaired) electrons. The first-order valence-corrected chi connectivity index (χ1v) is 7.66. The van der Waals surface area contributed by atoms with Crippen molar-refractivity contribution in [1.29, 1.82) is 0 Å². The van der Waals surface area contributed by atoms with Gasteiger partial charge in [-0.15, -0.1) is 12.4 Å². The van der Waals surface area contributed by atoms with Crippen molar-refractivity contribution in [3.8, 4) is 0 Å². The molecule has 0 saturated carbocycles. The van der Waals surface area contributed by atoms with Crippen LogP contribution in [0.25, 0.3) is 0 Å². The first-order valence-electron chi connectivity index (χ1n) is 7.66. The van der Waals surface area contributed by atoms with Crippen LogP contribution in [0.1, 0.15) is 18.1 Å². The van der Waals surface area contributed by atoms with Crippen LogP contribution >= 0.6 is 12.4 Å². The molecule has 1 aliphatic rings. The van der Waals surface area contributed by atoms with Crippen LogP contribution in [0.3, 0.4) is 0 Å². The zero-order valence-electron chi connectivity index (χ0n) is 13.4. The molecule has 23 heavy (non-hydrogen) atoms. The number of nitrogens with one attached hydrogen (secondary N) is 2. The molecule has 1 atom stereocenters. The molecule has 4 N–H and O–H groups in total. The van der Waals surface area contributed by atoms with E-state index in [9.17, 15) is 9.59 Å². The smallest absolute Gasteiger partial charge is 0.318 e. The van der Waals surface area contributed by atoms with Gasteiger partial charge >= 0.3 is 6.03 Å². The molecule has 0 spiro atoms. The Hall–Kier alpha value is -1.79. The molecule has 2 rings (SSSR count). The number of urea groups is 1. The van der Waals surface area contributed by atoms with Crippen molar-refractivity contribution in [3.63, 3.8) is 0 Å². The maximum Gasteiger partial charge on any atom is 0.318 e. The molecular formula is C16H25ClN4O2. The number of fused-ring (bicyclic) bond motifs is 1. The summed E-state index contributed by atoms with van der Waals surface area (Å²) in [5, 5.41) is 5.42. The average molecular weight is 341 g/mol. The minimum Gasteiger partial charge on any atom is -0.354 e. The van der Waals surface area contributed by atoms with Crippen molar-refractivity contribution in [3.05, 3.63) is 35.4 Å². The zero-order chi connectivity index (χ0) is 15.9. The van der Waals surface area contributed by atoms with E-state index in [1.807, 2.05) is 25.1 Å². The van der Waals surface area contributed by atoms with Gasteiger partial charge in [-0.3, -0.25) is 4.79 Å². The van der Waals surface area contributed by atoms with Crippen molar-refractivity contribution >= 4 is 24.3 Å². The van der Waals surface area contributed by atoms with E-state index in [-0.39, 0.29) is 36.8 Å². The second-order valence-electron chi connectivity index (χ2n) is 5.74. The standard InChI is InChI=1S/C16H24N4O2.ClH/c1-12(8-17)9-18-15(21)10-19-16(22)20-7-6-13-4-2-3-5-14(13)11-20;/h2-5,12H,6-11,17H2,1H3,(H,18,21)(H,19,22);1H. The van der Waals surface area contributed by atoms with Gasteiger partial charge in [-0.05, 0) is 30.0 Å². The number of carbonyl (C=O) groups is 2. The van der Waals surface area contributed by atoms with Gasteiger partial charge in [0.15, 0.2) is 0 Å². The van der Waals surface area contributed by atoms with Crippen LogP contribution < -0.4 is 16.4 Å². The number of hydrogen-bond acceptors (Lipinski definition) is 3. The fourth-order valence-electron chi connectivity index (χ4n) is 2.37. The summed E-state index contributed by atoms with van der Waals surface area (Å²) in [7, 11) is 0. The van der Waals surface area contributed by atoms with Crippen molar-refractivity contribution < 1.29 is 9.59 Å². The van der Waals surface area contributed by atoms with Gasteiger partial charge in [0.05, 0.1) is 6.54 Å². The molecule has 0 aromatic heterocycles. The van der Waals surface area contributed by atoms with E-state index in [0.29, 0.717) is 26.2 Å². The Morgan fingerprint density at radius 1 is 1.26 bits per heavy atom. The number of nitrogens with two attached hydrogens (primary N) is 1. The molecule has 1 heterocycles. The van der Waals surface area contributed by atoms with Crippen molar-refractivity contribution in [2.45, 2.75) is 19.9 Å². The third kappa shape index (κ3) is 5.73. The van der Waals surface area contributed by atoms with Gasteiger partial charge in [-0.2, -0.15) is 0 Å². The molecular weight excluding hydrogens is 316 g/mol. The molecule has 0 saturated heterocycles. The molecule has 128 valence electrons. The molecule has 1 unspecified atom stereocenters. The summed E-state index contributed by atoms with van der Waals surface area (Å²) in [5.74, 6) is 0.0457. The Morgan fingerprint density at radius 3 is 2.65 bits per heavy atom. The van der Waals surface area contributed by atoms with E-state index in [4.69, 9.17) is 5.73 Å². The zero-order valence-corrected chi connectivity index (χ0v) is 14.2. The van der Waals surface area contributed by atoms with Gasteiger partial charge in [0.25, 0.3) is 0 Å². The third-order valence-corrected chi connectivity index (χ3v) is 3.87. The SMILES string of the molecule is CC(CN)CNC(=O)CNC(=O)N1CCc2ccccc2C1.Cl. The summed E-state index contributed by atoms with van der Waals surface area (Å²) in [4.78, 5) is 25.5. The van der Waals surface area contributed by atoms with Crippen LogP contribution in [0.5, 0.6) is 0 Å². The molecule has 6 nitrogen and oxygen atoms in total. The van der Waals surface area contributed by atoms with E-state index < -0.39 is 0 Å². The predicted octanol–water partition coefficient (Wildman–Crippen LogP) is 0.887. The Balaban J connectivity index is 0.00000264. The van der Waals surface area contributed by atoms with Gasteiger partial charge in [-0.1, -0.05) is 31.2 Å². The van der Waals surface area contributed by atoms with Gasteiger partial charge in [0, 0.05) is 19.6 Å². The second-order valence-corrected chi connectivity index (χ2v) is 5.74. The van der Waals surface area contributed by atoms with Crippen LogP contribution in [0.2, 0.25) is 0 Å². The quantitative estimate of drug-likeness (QED) is 0.743. The van der Waals surface area contributed by atoms with Crippen molar-refractivity contribution in [2.24, 2.45) is 11.7 Å². The van der Waals surface area contributed by atoms with Gasteiger partial charge in [0.1, 0.15) is 0 Å². The lowest BCUT2D eigenvalue weighted by Crippen LogP contribution is -2.46. The number of halogens is 1. The topological polar surface area (TPSA) is 87.5 Å². The minimum absolute atomic E-state index is 0. The van der Waals surface area contributed by atoms with Crippen molar-refractivity contribution in [2.75, 3.05) is 26.2 Å². The summed E-state index contributed by atoms with van der Waals surface area (Å²) in [6.45, 7) is 4.28. The lowest BCUT2D eigenvalue weighted by atomic mass is 10.0. The molecule has 3 amide bonds. The summed E-state index contributed by atoms with van der Waals surface area (Å²) < 4.78 is 0. The van der Waals surface area contributed by atoms with Crippen LogP contribution in [0.4, 0.5) is 4.79 Å². The van der Waals surface area contributed by atoms with Crippen LogP contribution in [-0.4, -0.2) is 43.0 Å². The predicted molar refractivity (Wildman–Crippen MR) is 92.4 cm³/mol. The lowest BCUT2D eigenvalue weighted by molar-refractivity contribution is -0.120. The summed E-state index contributed by atoms with van der Waals surface area (Å²) in [6, 6.07) is 7.93. The maximum atomic E-state index is 12.1. The minimum atomic E-state index is -0.198. The highest BCUT2D eigenvalue weighted by atomic mass is 35.5. The summed E-state index contributed by atoms with van der Waals surface area (Å²) in [6.07, 6.45) is 0.851. The number of amides is 3. The number of carbonyl (C=O) groups excluding carboxylic acids is 2. The highest BCUT2D eigenvalue weighted by Crippen LogP contribution is 2.18. The van der Waals surface area contributed by atoms with Gasteiger partial charge < -0.3 is 21.3 Å². The van der Waals surface area contributed by atoms with E-state index in [0.717, 1.165) is 6.42 Å². The highest BCUT2D eigenvalue weighted by molar-refractivity contribution is 5.85. The van der Waals surface area contributed by atoms with Crippen LogP contribution in [-0.2, 0) is 17.8 Å². The molecule has 1 aromatic rings. The number of nitrogens with zero attached hydrogens (tertiary/aromatic N) is 1. The molecule has 0 aliphatic carbocycles. The molecule has 0 fully saturated rings. The Labute approximate surface area is 143 Å². The average Bonchev–Trinajstić information content (AvgIpc) is 2.56. The van der Waals surface area contributed by atoms with Crippen LogP contribution in [0.15, 0.2) is 24.3 Å². The number of benzene rings is 1. The Bertz CT molecular complexity index is 539. The first kappa shape index (κ1) is 19.3. The monoisotopic (exact) mass is 340 g/mol. The normalized spacial score (nSPS) is 14.3. The largest absolute Gasteiger partial charge is 0.354 e. The van der Waals surface area contributed by atoms with E-state index in [1.54, 1.807) is 4.90 Å². The second kappa shape index (κ2) is 9.37. The van der Waals surface area contributed by atoms with E-state index in [1.165, 1.54) is 11.1 Å². The molecule has 7 heteroatoms. The molecule has 1 aliphatic heterocycles. The molecule has 0 bridgehead atoms. The van der Waals surface area contributed by atoms with Gasteiger partial charge in [0.2, 0.25) is 5.91 Å². The Morgan fingerprint density at radius 2 is 1.96 bits per heavy atom. The maximum absolute atomic E-state index is 12.1. The summed E-state index contributed by atoms with van der Waals surface area (Å²) in [5.41, 5.74) is 7.95. The third-order valence-electron chi connectivity index (χ3n) is 3.87. The fraction of sp³-hybridized carbons (Fsp3) is 0.500. The van der Waals surface area contributed by atoms with E-state index >= 15 is 0 Å². The van der Waals surface area contributed by atoms with Gasteiger partial charge in [-0.25, -0.2) is 4.79 Å². The fourth-order valence-corrected chi connectivity index (χ4v) is 2.37. The first-order chi connectivity index (χ1) is 10.6. The van der Waals surface area contributed by atoms with E-state index in [2.05, 4.69) is 16.7 Å². The van der Waals surface area contributed by atoms with Crippen LogP contribution in [0, 0.1) is 5.92 Å². The lowest BCUT2D eigenvalue weighted by Gasteiger charge is -2.28.